The first-order chi connectivity index (χ1) is 10.1. The fourth-order valence-electron chi connectivity index (χ4n) is 1.55. The first-order valence-corrected chi connectivity index (χ1v) is 6.55. The Hall–Kier alpha value is -2.47. The maximum absolute atomic E-state index is 12.1. The minimum atomic E-state index is -0.577. The van der Waals surface area contributed by atoms with Gasteiger partial charge in [0.05, 0.1) is 12.3 Å². The second kappa shape index (κ2) is 6.81. The lowest BCUT2D eigenvalue weighted by atomic mass is 10.3. The molecule has 0 radical (unpaired) electrons. The Kier molecular flexibility index (Phi) is 4.84. The van der Waals surface area contributed by atoms with E-state index in [9.17, 15) is 9.59 Å². The number of ether oxygens (including phenoxy) is 1. The summed E-state index contributed by atoms with van der Waals surface area (Å²) < 4.78 is 4.84. The summed E-state index contributed by atoms with van der Waals surface area (Å²) in [7, 11) is 0. The lowest BCUT2D eigenvalue weighted by Gasteiger charge is -2.07. The molecule has 0 aliphatic rings. The lowest BCUT2D eigenvalue weighted by molar-refractivity contribution is 0.0519. The number of nitrogens with zero attached hydrogens (tertiary/aromatic N) is 2. The fourth-order valence-corrected chi connectivity index (χ4v) is 1.71. The van der Waals surface area contributed by atoms with Gasteiger partial charge in [-0.25, -0.2) is 14.8 Å². The normalized spacial score (nSPS) is 10.0. The van der Waals surface area contributed by atoms with Gasteiger partial charge in [0.25, 0.3) is 5.91 Å². The number of hydrogen-bond acceptors (Lipinski definition) is 5. The van der Waals surface area contributed by atoms with Gasteiger partial charge >= 0.3 is 5.97 Å². The van der Waals surface area contributed by atoms with Gasteiger partial charge in [0.1, 0.15) is 11.4 Å². The Bertz CT molecular complexity index is 676. The van der Waals surface area contributed by atoms with Crippen LogP contribution in [-0.4, -0.2) is 28.5 Å². The zero-order valence-electron chi connectivity index (χ0n) is 11.2. The van der Waals surface area contributed by atoms with Crippen LogP contribution in [0.2, 0.25) is 5.15 Å². The molecular formula is C14H12ClN3O3. The summed E-state index contributed by atoms with van der Waals surface area (Å²) in [6, 6.07) is 7.78. The van der Waals surface area contributed by atoms with E-state index in [1.807, 2.05) is 0 Å². The molecule has 0 aliphatic carbocycles. The van der Waals surface area contributed by atoms with Gasteiger partial charge in [-0.2, -0.15) is 0 Å². The summed E-state index contributed by atoms with van der Waals surface area (Å²) in [6.07, 6.45) is 1.51. The smallest absolute Gasteiger partial charge is 0.356 e. The predicted molar refractivity (Wildman–Crippen MR) is 77.4 cm³/mol. The van der Waals surface area contributed by atoms with Crippen molar-refractivity contribution in [1.82, 2.24) is 9.97 Å². The number of pyridine rings is 2. The van der Waals surface area contributed by atoms with E-state index in [1.165, 1.54) is 18.3 Å². The molecule has 0 aliphatic heterocycles. The lowest BCUT2D eigenvalue weighted by Crippen LogP contribution is -2.16. The van der Waals surface area contributed by atoms with E-state index < -0.39 is 11.9 Å². The fraction of sp³-hybridized carbons (Fsp3) is 0.143. The van der Waals surface area contributed by atoms with Crippen molar-refractivity contribution < 1.29 is 14.3 Å². The summed E-state index contributed by atoms with van der Waals surface area (Å²) in [6.45, 7) is 1.93. The zero-order valence-corrected chi connectivity index (χ0v) is 11.9. The Morgan fingerprint density at radius 2 is 2.00 bits per heavy atom. The molecule has 2 aromatic rings. The number of anilines is 1. The number of esters is 1. The molecule has 2 aromatic heterocycles. The number of carbonyl (C=O) groups excluding carboxylic acids is 2. The van der Waals surface area contributed by atoms with Crippen molar-refractivity contribution in [2.45, 2.75) is 6.92 Å². The highest BCUT2D eigenvalue weighted by Gasteiger charge is 2.14. The Morgan fingerprint density at radius 3 is 2.71 bits per heavy atom. The van der Waals surface area contributed by atoms with Crippen LogP contribution in [0.3, 0.4) is 0 Å². The van der Waals surface area contributed by atoms with Crippen LogP contribution < -0.4 is 5.32 Å². The molecule has 0 atom stereocenters. The average Bonchev–Trinajstić information content (AvgIpc) is 2.50. The number of aromatic nitrogens is 2. The first-order valence-electron chi connectivity index (χ1n) is 6.18. The molecular weight excluding hydrogens is 294 g/mol. The van der Waals surface area contributed by atoms with E-state index >= 15 is 0 Å². The standard InChI is InChI=1S/C14H12ClN3O3/c1-2-21-14(20)11-6-3-5-10(17-11)13(19)18-9-7-4-8-16-12(9)15/h3-8H,2H2,1H3,(H,18,19). The third-order valence-electron chi connectivity index (χ3n) is 2.47. The Labute approximate surface area is 126 Å². The van der Waals surface area contributed by atoms with Crippen LogP contribution in [0.15, 0.2) is 36.5 Å². The highest BCUT2D eigenvalue weighted by Crippen LogP contribution is 2.18. The van der Waals surface area contributed by atoms with Gasteiger partial charge in [0, 0.05) is 6.20 Å². The summed E-state index contributed by atoms with van der Waals surface area (Å²) in [5.41, 5.74) is 0.523. The van der Waals surface area contributed by atoms with Crippen molar-refractivity contribution in [3.8, 4) is 0 Å². The predicted octanol–water partition coefficient (Wildman–Crippen LogP) is 2.56. The van der Waals surface area contributed by atoms with Crippen LogP contribution in [0.25, 0.3) is 0 Å². The van der Waals surface area contributed by atoms with E-state index in [2.05, 4.69) is 15.3 Å². The van der Waals surface area contributed by atoms with Gasteiger partial charge < -0.3 is 10.1 Å². The second-order valence-corrected chi connectivity index (χ2v) is 4.28. The van der Waals surface area contributed by atoms with Gasteiger partial charge in [-0.15, -0.1) is 0 Å². The molecule has 0 unspecified atom stereocenters. The number of hydrogen-bond donors (Lipinski definition) is 1. The van der Waals surface area contributed by atoms with Crippen molar-refractivity contribution in [3.05, 3.63) is 53.1 Å². The monoisotopic (exact) mass is 305 g/mol. The number of carbonyl (C=O) groups is 2. The average molecular weight is 306 g/mol. The molecule has 0 aromatic carbocycles. The summed E-state index contributed by atoms with van der Waals surface area (Å²) in [4.78, 5) is 31.5. The van der Waals surface area contributed by atoms with Crippen LogP contribution in [0.4, 0.5) is 5.69 Å². The number of halogens is 1. The number of nitrogens with one attached hydrogen (secondary N) is 1. The van der Waals surface area contributed by atoms with Crippen LogP contribution in [0.5, 0.6) is 0 Å². The maximum atomic E-state index is 12.1. The van der Waals surface area contributed by atoms with Gasteiger partial charge in [0.2, 0.25) is 0 Å². The van der Waals surface area contributed by atoms with E-state index in [0.717, 1.165) is 0 Å². The molecule has 1 N–H and O–H groups in total. The molecule has 21 heavy (non-hydrogen) atoms. The third kappa shape index (κ3) is 3.76. The SMILES string of the molecule is CCOC(=O)c1cccc(C(=O)Nc2cccnc2Cl)n1. The van der Waals surface area contributed by atoms with Crippen molar-refractivity contribution in [2.24, 2.45) is 0 Å². The largest absolute Gasteiger partial charge is 0.461 e. The van der Waals surface area contributed by atoms with Crippen LogP contribution in [0.1, 0.15) is 27.9 Å². The van der Waals surface area contributed by atoms with Crippen molar-refractivity contribution in [1.29, 1.82) is 0 Å². The minimum absolute atomic E-state index is 0.0711. The molecule has 7 heteroatoms. The van der Waals surface area contributed by atoms with E-state index in [4.69, 9.17) is 16.3 Å². The highest BCUT2D eigenvalue weighted by molar-refractivity contribution is 6.32. The third-order valence-corrected chi connectivity index (χ3v) is 2.77. The summed E-state index contributed by atoms with van der Waals surface area (Å²) in [5.74, 6) is -1.07. The molecule has 0 bridgehead atoms. The topological polar surface area (TPSA) is 81.2 Å². The molecule has 2 rings (SSSR count). The van der Waals surface area contributed by atoms with Gasteiger partial charge in [-0.3, -0.25) is 4.79 Å². The second-order valence-electron chi connectivity index (χ2n) is 3.92. The molecule has 0 spiro atoms. The maximum Gasteiger partial charge on any atom is 0.356 e. The van der Waals surface area contributed by atoms with Crippen molar-refractivity contribution >= 4 is 29.2 Å². The molecule has 6 nitrogen and oxygen atoms in total. The Balaban J connectivity index is 2.18. The van der Waals surface area contributed by atoms with Gasteiger partial charge in [0.15, 0.2) is 5.15 Å². The minimum Gasteiger partial charge on any atom is -0.461 e. The molecule has 0 saturated carbocycles. The quantitative estimate of drug-likeness (QED) is 0.693. The van der Waals surface area contributed by atoms with Crippen LogP contribution in [-0.2, 0) is 4.74 Å². The summed E-state index contributed by atoms with van der Waals surface area (Å²) in [5, 5.41) is 2.75. The molecule has 1 amide bonds. The zero-order chi connectivity index (χ0) is 15.2. The van der Waals surface area contributed by atoms with Crippen LogP contribution >= 0.6 is 11.6 Å². The highest BCUT2D eigenvalue weighted by atomic mass is 35.5. The molecule has 108 valence electrons. The number of rotatable bonds is 4. The first kappa shape index (κ1) is 14.9. The summed E-state index contributed by atoms with van der Waals surface area (Å²) >= 11 is 5.86. The van der Waals surface area contributed by atoms with Crippen molar-refractivity contribution in [3.63, 3.8) is 0 Å². The van der Waals surface area contributed by atoms with Crippen LogP contribution in [0, 0.1) is 0 Å². The Morgan fingerprint density at radius 1 is 1.24 bits per heavy atom. The molecule has 2 heterocycles. The van der Waals surface area contributed by atoms with E-state index in [-0.39, 0.29) is 23.1 Å². The van der Waals surface area contributed by atoms with Gasteiger partial charge in [-0.1, -0.05) is 17.7 Å². The number of amides is 1. The van der Waals surface area contributed by atoms with Gasteiger partial charge in [-0.05, 0) is 31.2 Å². The molecule has 0 saturated heterocycles. The van der Waals surface area contributed by atoms with Crippen molar-refractivity contribution in [2.75, 3.05) is 11.9 Å². The molecule has 0 fully saturated rings. The van der Waals surface area contributed by atoms with E-state index in [0.29, 0.717) is 5.69 Å². The van der Waals surface area contributed by atoms with E-state index in [1.54, 1.807) is 25.1 Å².